The zero-order chi connectivity index (χ0) is 13.4. The molecule has 0 atom stereocenters. The predicted octanol–water partition coefficient (Wildman–Crippen LogP) is 2.41. The van der Waals surface area contributed by atoms with Gasteiger partial charge in [-0.2, -0.15) is 10.1 Å². The third-order valence-electron chi connectivity index (χ3n) is 2.38. The average molecular weight is 297 g/mol. The van der Waals surface area contributed by atoms with Gasteiger partial charge in [-0.15, -0.1) is 0 Å². The fourth-order valence-corrected chi connectivity index (χ4v) is 2.00. The Hall–Kier alpha value is -2.12. The van der Waals surface area contributed by atoms with Gasteiger partial charge >= 0.3 is 0 Å². The number of hydrogen-bond acceptors (Lipinski definition) is 6. The molecule has 0 unspecified atom stereocenters. The molecule has 96 valence electrons. The van der Waals surface area contributed by atoms with Crippen LogP contribution in [0.4, 0.5) is 5.69 Å². The van der Waals surface area contributed by atoms with Crippen molar-refractivity contribution in [3.05, 3.63) is 28.5 Å². The van der Waals surface area contributed by atoms with E-state index in [1.165, 1.54) is 12.4 Å². The van der Waals surface area contributed by atoms with Gasteiger partial charge in [-0.25, -0.2) is 4.98 Å². The van der Waals surface area contributed by atoms with Gasteiger partial charge in [0, 0.05) is 5.02 Å². The number of aromatic nitrogens is 5. The fourth-order valence-electron chi connectivity index (χ4n) is 1.50. The average Bonchev–Trinajstić information content (AvgIpc) is 3.03. The number of nitrogens with two attached hydrogens (primary N) is 1. The molecule has 3 rings (SSSR count). The lowest BCUT2D eigenvalue weighted by atomic mass is 10.2. The second-order valence-corrected chi connectivity index (χ2v) is 4.45. The minimum absolute atomic E-state index is 0.202. The van der Waals surface area contributed by atoms with E-state index < -0.39 is 0 Å². The van der Waals surface area contributed by atoms with E-state index in [2.05, 4.69) is 25.3 Å². The molecule has 0 radical (unpaired) electrons. The first kappa shape index (κ1) is 11.9. The largest absolute Gasteiger partial charge is 0.397 e. The van der Waals surface area contributed by atoms with Crippen LogP contribution in [0.15, 0.2) is 23.0 Å². The molecule has 0 saturated heterocycles. The highest BCUT2D eigenvalue weighted by Gasteiger charge is 2.16. The molecule has 1 aromatic carbocycles. The highest BCUT2D eigenvalue weighted by Crippen LogP contribution is 2.34. The second kappa shape index (κ2) is 4.52. The number of hydrogen-bond donors (Lipinski definition) is 2. The molecule has 7 nitrogen and oxygen atoms in total. The van der Waals surface area contributed by atoms with Crippen molar-refractivity contribution in [2.45, 2.75) is 0 Å². The number of nitrogens with zero attached hydrogens (tertiary/aromatic N) is 4. The lowest BCUT2D eigenvalue weighted by Crippen LogP contribution is -1.92. The third-order valence-corrected chi connectivity index (χ3v) is 2.91. The Morgan fingerprint density at radius 3 is 2.84 bits per heavy atom. The molecule has 0 spiro atoms. The van der Waals surface area contributed by atoms with E-state index in [9.17, 15) is 0 Å². The van der Waals surface area contributed by atoms with Gasteiger partial charge in [-0.3, -0.25) is 5.10 Å². The maximum atomic E-state index is 5.95. The van der Waals surface area contributed by atoms with Crippen LogP contribution >= 0.6 is 23.2 Å². The van der Waals surface area contributed by atoms with Gasteiger partial charge in [-0.05, 0) is 12.1 Å². The molecule has 9 heteroatoms. The highest BCUT2D eigenvalue weighted by molar-refractivity contribution is 6.37. The van der Waals surface area contributed by atoms with E-state index in [4.69, 9.17) is 33.5 Å². The zero-order valence-electron chi connectivity index (χ0n) is 9.26. The molecule has 19 heavy (non-hydrogen) atoms. The summed E-state index contributed by atoms with van der Waals surface area (Å²) < 4.78 is 5.12. The van der Waals surface area contributed by atoms with Gasteiger partial charge in [0.2, 0.25) is 5.82 Å². The Bertz CT molecular complexity index is 724. The molecule has 0 bridgehead atoms. The van der Waals surface area contributed by atoms with Crippen LogP contribution in [0, 0.1) is 0 Å². The molecule has 2 heterocycles. The van der Waals surface area contributed by atoms with Crippen molar-refractivity contribution >= 4 is 28.9 Å². The summed E-state index contributed by atoms with van der Waals surface area (Å²) in [6, 6.07) is 3.14. The monoisotopic (exact) mass is 296 g/mol. The van der Waals surface area contributed by atoms with Crippen LogP contribution < -0.4 is 5.73 Å². The number of halogens is 2. The van der Waals surface area contributed by atoms with Crippen molar-refractivity contribution in [3.63, 3.8) is 0 Å². The van der Waals surface area contributed by atoms with E-state index >= 15 is 0 Å². The van der Waals surface area contributed by atoms with Crippen LogP contribution in [0.5, 0.6) is 0 Å². The van der Waals surface area contributed by atoms with E-state index in [-0.39, 0.29) is 11.7 Å². The molecule has 0 aliphatic heterocycles. The number of nitrogens with one attached hydrogen (secondary N) is 1. The summed E-state index contributed by atoms with van der Waals surface area (Å²) in [5.74, 6) is 0.859. The predicted molar refractivity (Wildman–Crippen MR) is 69.5 cm³/mol. The Balaban J connectivity index is 2.09. The lowest BCUT2D eigenvalue weighted by molar-refractivity contribution is 0.432. The minimum Gasteiger partial charge on any atom is -0.397 e. The lowest BCUT2D eigenvalue weighted by Gasteiger charge is -2.03. The Labute approximate surface area is 116 Å². The summed E-state index contributed by atoms with van der Waals surface area (Å²) in [6.45, 7) is 0. The van der Waals surface area contributed by atoms with Gasteiger partial charge < -0.3 is 10.3 Å². The maximum absolute atomic E-state index is 5.95. The van der Waals surface area contributed by atoms with E-state index in [1.54, 1.807) is 6.07 Å². The third kappa shape index (κ3) is 2.13. The van der Waals surface area contributed by atoms with Gasteiger partial charge in [0.05, 0.1) is 16.3 Å². The SMILES string of the molecule is Nc1c(Cl)cc(Cl)cc1-c1nc(-c2ncn[nH]2)no1. The van der Waals surface area contributed by atoms with Crippen molar-refractivity contribution in [1.82, 2.24) is 25.3 Å². The van der Waals surface area contributed by atoms with Gasteiger partial charge in [0.15, 0.2) is 5.82 Å². The van der Waals surface area contributed by atoms with Crippen molar-refractivity contribution in [3.8, 4) is 23.1 Å². The summed E-state index contributed by atoms with van der Waals surface area (Å²) in [7, 11) is 0. The Morgan fingerprint density at radius 1 is 1.26 bits per heavy atom. The molecule has 0 aliphatic rings. The zero-order valence-corrected chi connectivity index (χ0v) is 10.8. The summed E-state index contributed by atoms with van der Waals surface area (Å²) in [6.07, 6.45) is 1.34. The number of aromatic amines is 1. The number of H-pyrrole nitrogens is 1. The van der Waals surface area contributed by atoms with Gasteiger partial charge in [0.25, 0.3) is 5.89 Å². The quantitative estimate of drug-likeness (QED) is 0.703. The van der Waals surface area contributed by atoms with Crippen LogP contribution in [0.3, 0.4) is 0 Å². The molecule has 3 N–H and O–H groups in total. The van der Waals surface area contributed by atoms with Crippen molar-refractivity contribution < 1.29 is 4.52 Å². The number of rotatable bonds is 2. The number of benzene rings is 1. The summed E-state index contributed by atoms with van der Waals surface area (Å²) >= 11 is 11.9. The minimum atomic E-state index is 0.202. The topological polar surface area (TPSA) is 107 Å². The van der Waals surface area contributed by atoms with Crippen LogP contribution in [0.2, 0.25) is 10.0 Å². The summed E-state index contributed by atoms with van der Waals surface area (Å²) in [4.78, 5) is 8.07. The first-order valence-corrected chi connectivity index (χ1v) is 5.85. The smallest absolute Gasteiger partial charge is 0.260 e. The van der Waals surface area contributed by atoms with Crippen LogP contribution in [0.1, 0.15) is 0 Å². The molecular weight excluding hydrogens is 291 g/mol. The highest BCUT2D eigenvalue weighted by atomic mass is 35.5. The van der Waals surface area contributed by atoms with Crippen molar-refractivity contribution in [2.75, 3.05) is 5.73 Å². The number of nitrogen functional groups attached to an aromatic ring is 1. The van der Waals surface area contributed by atoms with Crippen molar-refractivity contribution in [1.29, 1.82) is 0 Å². The summed E-state index contributed by atoms with van der Waals surface area (Å²) in [5.41, 5.74) is 6.64. The van der Waals surface area contributed by atoms with Crippen LogP contribution in [0.25, 0.3) is 23.1 Å². The molecule has 2 aromatic heterocycles. The van der Waals surface area contributed by atoms with Gasteiger partial charge in [0.1, 0.15) is 6.33 Å². The summed E-state index contributed by atoms with van der Waals surface area (Å²) in [5, 5.41) is 10.8. The maximum Gasteiger partial charge on any atom is 0.260 e. The molecular formula is C10H6Cl2N6O. The Kier molecular flexibility index (Phi) is 2.84. The standard InChI is InChI=1S/C10H6Cl2N6O/c11-4-1-5(7(13)6(12)2-4)10-16-9(18-19-10)8-14-3-15-17-8/h1-3H,13H2,(H,14,15,17). The molecule has 0 saturated carbocycles. The molecule has 0 aliphatic carbocycles. The van der Waals surface area contributed by atoms with Gasteiger partial charge in [-0.1, -0.05) is 28.4 Å². The van der Waals surface area contributed by atoms with E-state index in [0.717, 1.165) is 0 Å². The molecule has 0 fully saturated rings. The van der Waals surface area contributed by atoms with Crippen LogP contribution in [-0.4, -0.2) is 25.3 Å². The molecule has 0 amide bonds. The normalized spacial score (nSPS) is 10.8. The van der Waals surface area contributed by atoms with E-state index in [1.807, 2.05) is 0 Å². The van der Waals surface area contributed by atoms with E-state index in [0.29, 0.717) is 27.1 Å². The second-order valence-electron chi connectivity index (χ2n) is 3.61. The number of anilines is 1. The first-order chi connectivity index (χ1) is 9.15. The first-order valence-electron chi connectivity index (χ1n) is 5.09. The Morgan fingerprint density at radius 2 is 2.11 bits per heavy atom. The van der Waals surface area contributed by atoms with Crippen LogP contribution in [-0.2, 0) is 0 Å². The fraction of sp³-hybridized carbons (Fsp3) is 0. The molecule has 3 aromatic rings. The van der Waals surface area contributed by atoms with Crippen molar-refractivity contribution in [2.24, 2.45) is 0 Å².